The molecule has 0 unspecified atom stereocenters. The lowest BCUT2D eigenvalue weighted by Gasteiger charge is -2.27. The van der Waals surface area contributed by atoms with Crippen molar-refractivity contribution in [3.05, 3.63) is 23.5 Å². The van der Waals surface area contributed by atoms with Crippen LogP contribution in [-0.4, -0.2) is 24.2 Å². The van der Waals surface area contributed by atoms with Gasteiger partial charge in [0.15, 0.2) is 0 Å². The second kappa shape index (κ2) is 3.29. The van der Waals surface area contributed by atoms with Crippen molar-refractivity contribution in [2.24, 2.45) is 0 Å². The number of halogens is 1. The zero-order valence-electron chi connectivity index (χ0n) is 6.46. The van der Waals surface area contributed by atoms with Crippen LogP contribution in [0.3, 0.4) is 0 Å². The lowest BCUT2D eigenvalue weighted by atomic mass is 10.2. The zero-order valence-corrected chi connectivity index (χ0v) is 7.21. The number of ether oxygens (including phenoxy) is 1. The van der Waals surface area contributed by atoms with E-state index in [0.717, 1.165) is 18.8 Å². The maximum Gasteiger partial charge on any atom is 0.132 e. The number of hydrogen-bond acceptors (Lipinski definition) is 3. The summed E-state index contributed by atoms with van der Waals surface area (Å²) in [5.74, 6) is 0.793. The summed E-state index contributed by atoms with van der Waals surface area (Å²) in [5, 5.41) is 3.59. The van der Waals surface area contributed by atoms with Gasteiger partial charge in [-0.2, -0.15) is 0 Å². The summed E-state index contributed by atoms with van der Waals surface area (Å²) in [6, 6.07) is 3.53. The molecule has 1 aromatic rings. The van der Waals surface area contributed by atoms with Gasteiger partial charge in [-0.25, -0.2) is 4.98 Å². The van der Waals surface area contributed by atoms with Crippen molar-refractivity contribution in [2.75, 3.05) is 13.1 Å². The van der Waals surface area contributed by atoms with E-state index in [1.165, 1.54) is 0 Å². The smallest absolute Gasteiger partial charge is 0.132 e. The summed E-state index contributed by atoms with van der Waals surface area (Å²) in [6.45, 7) is 1.83. The quantitative estimate of drug-likeness (QED) is 0.699. The van der Waals surface area contributed by atoms with Crippen LogP contribution in [0.4, 0.5) is 0 Å². The number of pyridine rings is 1. The molecule has 1 aliphatic heterocycles. The molecule has 1 saturated heterocycles. The fourth-order valence-electron chi connectivity index (χ4n) is 0.996. The highest BCUT2D eigenvalue weighted by atomic mass is 35.5. The number of nitrogens with zero attached hydrogens (tertiary/aromatic N) is 1. The monoisotopic (exact) mass is 184 g/mol. The van der Waals surface area contributed by atoms with Crippen LogP contribution in [0.5, 0.6) is 5.75 Å². The van der Waals surface area contributed by atoms with Gasteiger partial charge in [-0.3, -0.25) is 0 Å². The van der Waals surface area contributed by atoms with Crippen LogP contribution >= 0.6 is 11.6 Å². The van der Waals surface area contributed by atoms with E-state index in [9.17, 15) is 0 Å². The Labute approximate surface area is 75.7 Å². The zero-order chi connectivity index (χ0) is 8.39. The van der Waals surface area contributed by atoms with Gasteiger partial charge in [0.1, 0.15) is 17.0 Å². The molecule has 0 bridgehead atoms. The minimum Gasteiger partial charge on any atom is -0.488 e. The normalized spacial score (nSPS) is 17.1. The average molecular weight is 185 g/mol. The van der Waals surface area contributed by atoms with Crippen LogP contribution in [0.2, 0.25) is 5.15 Å². The molecule has 0 amide bonds. The molecular weight excluding hydrogens is 176 g/mol. The second-order valence-electron chi connectivity index (χ2n) is 2.71. The highest BCUT2D eigenvalue weighted by Crippen LogP contribution is 2.16. The van der Waals surface area contributed by atoms with E-state index in [4.69, 9.17) is 16.3 Å². The molecule has 2 rings (SSSR count). The van der Waals surface area contributed by atoms with Gasteiger partial charge in [-0.05, 0) is 6.07 Å². The van der Waals surface area contributed by atoms with E-state index in [-0.39, 0.29) is 0 Å². The van der Waals surface area contributed by atoms with Crippen LogP contribution in [0.1, 0.15) is 0 Å². The summed E-state index contributed by atoms with van der Waals surface area (Å²) in [7, 11) is 0. The molecule has 0 saturated carbocycles. The summed E-state index contributed by atoms with van der Waals surface area (Å²) < 4.78 is 5.54. The van der Waals surface area contributed by atoms with E-state index in [0.29, 0.717) is 11.3 Å². The lowest BCUT2D eigenvalue weighted by Crippen LogP contribution is -2.50. The molecule has 1 aromatic heterocycles. The Bertz CT molecular complexity index is 276. The summed E-state index contributed by atoms with van der Waals surface area (Å²) >= 11 is 5.68. The lowest BCUT2D eigenvalue weighted by molar-refractivity contribution is 0.142. The van der Waals surface area contributed by atoms with Gasteiger partial charge in [0.25, 0.3) is 0 Å². The third-order valence-corrected chi connectivity index (χ3v) is 1.95. The third kappa shape index (κ3) is 1.68. The Morgan fingerprint density at radius 1 is 1.58 bits per heavy atom. The van der Waals surface area contributed by atoms with E-state index in [1.54, 1.807) is 12.3 Å². The fraction of sp³-hybridized carbons (Fsp3) is 0.375. The van der Waals surface area contributed by atoms with Crippen LogP contribution in [0.15, 0.2) is 18.3 Å². The van der Waals surface area contributed by atoms with Gasteiger partial charge < -0.3 is 10.1 Å². The molecule has 0 aliphatic carbocycles. The highest BCUT2D eigenvalue weighted by molar-refractivity contribution is 6.29. The molecule has 1 N–H and O–H groups in total. The van der Waals surface area contributed by atoms with Gasteiger partial charge in [0.2, 0.25) is 0 Å². The molecule has 0 spiro atoms. The Morgan fingerprint density at radius 3 is 3.00 bits per heavy atom. The summed E-state index contributed by atoms with van der Waals surface area (Å²) in [4.78, 5) is 3.86. The van der Waals surface area contributed by atoms with Gasteiger partial charge >= 0.3 is 0 Å². The first kappa shape index (κ1) is 7.83. The number of nitrogens with one attached hydrogen (secondary N) is 1. The average Bonchev–Trinajstić information content (AvgIpc) is 1.97. The maximum absolute atomic E-state index is 5.68. The molecule has 0 radical (unpaired) electrons. The predicted octanol–water partition coefficient (Wildman–Crippen LogP) is 1.09. The van der Waals surface area contributed by atoms with Crippen LogP contribution in [0, 0.1) is 0 Å². The van der Waals surface area contributed by atoms with Gasteiger partial charge in [-0.15, -0.1) is 0 Å². The minimum absolute atomic E-state index is 0.295. The summed E-state index contributed by atoms with van der Waals surface area (Å²) in [6.07, 6.45) is 1.94. The SMILES string of the molecule is Clc1cc(OC2CNC2)ccn1. The van der Waals surface area contributed by atoms with Crippen LogP contribution < -0.4 is 10.1 Å². The van der Waals surface area contributed by atoms with E-state index in [1.807, 2.05) is 6.07 Å². The van der Waals surface area contributed by atoms with E-state index in [2.05, 4.69) is 10.3 Å². The molecule has 1 aliphatic rings. The van der Waals surface area contributed by atoms with Crippen molar-refractivity contribution in [1.82, 2.24) is 10.3 Å². The van der Waals surface area contributed by atoms with Crippen LogP contribution in [0.25, 0.3) is 0 Å². The molecule has 4 heteroatoms. The van der Waals surface area contributed by atoms with Crippen molar-refractivity contribution in [2.45, 2.75) is 6.10 Å². The number of hydrogen-bond donors (Lipinski definition) is 1. The highest BCUT2D eigenvalue weighted by Gasteiger charge is 2.17. The van der Waals surface area contributed by atoms with Crippen molar-refractivity contribution in [3.63, 3.8) is 0 Å². The molecule has 3 nitrogen and oxygen atoms in total. The Balaban J connectivity index is 2.02. The minimum atomic E-state index is 0.295. The summed E-state index contributed by atoms with van der Waals surface area (Å²) in [5.41, 5.74) is 0. The first-order valence-electron chi connectivity index (χ1n) is 3.83. The molecule has 12 heavy (non-hydrogen) atoms. The first-order chi connectivity index (χ1) is 5.84. The Kier molecular flexibility index (Phi) is 2.15. The molecule has 1 fully saturated rings. The first-order valence-corrected chi connectivity index (χ1v) is 4.21. The van der Waals surface area contributed by atoms with Gasteiger partial charge in [-0.1, -0.05) is 11.6 Å². The van der Waals surface area contributed by atoms with Crippen molar-refractivity contribution in [3.8, 4) is 5.75 Å². The van der Waals surface area contributed by atoms with Gasteiger partial charge in [0, 0.05) is 25.4 Å². The third-order valence-electron chi connectivity index (χ3n) is 1.74. The van der Waals surface area contributed by atoms with Gasteiger partial charge in [0.05, 0.1) is 0 Å². The molecule has 0 aromatic carbocycles. The topological polar surface area (TPSA) is 34.1 Å². The fourth-order valence-corrected chi connectivity index (χ4v) is 1.16. The maximum atomic E-state index is 5.68. The van der Waals surface area contributed by atoms with E-state index < -0.39 is 0 Å². The Morgan fingerprint density at radius 2 is 2.42 bits per heavy atom. The standard InChI is InChI=1S/C8H9ClN2O/c9-8-3-6(1-2-11-8)12-7-4-10-5-7/h1-3,7,10H,4-5H2. The Hall–Kier alpha value is -0.800. The van der Waals surface area contributed by atoms with Crippen molar-refractivity contribution in [1.29, 1.82) is 0 Å². The van der Waals surface area contributed by atoms with Crippen molar-refractivity contribution >= 4 is 11.6 Å². The molecule has 64 valence electrons. The second-order valence-corrected chi connectivity index (χ2v) is 3.10. The molecular formula is C8H9ClN2O. The predicted molar refractivity (Wildman–Crippen MR) is 46.5 cm³/mol. The van der Waals surface area contributed by atoms with Crippen LogP contribution in [-0.2, 0) is 0 Å². The molecule has 2 heterocycles. The molecule has 0 atom stereocenters. The number of rotatable bonds is 2. The van der Waals surface area contributed by atoms with E-state index >= 15 is 0 Å². The van der Waals surface area contributed by atoms with Crippen molar-refractivity contribution < 1.29 is 4.74 Å². The number of aromatic nitrogens is 1. The largest absolute Gasteiger partial charge is 0.488 e.